The normalized spacial score (nSPS) is 28.9. The summed E-state index contributed by atoms with van der Waals surface area (Å²) in [6.07, 6.45) is 4.66. The summed E-state index contributed by atoms with van der Waals surface area (Å²) in [6.45, 7) is 47.1. The summed E-state index contributed by atoms with van der Waals surface area (Å²) in [5.41, 5.74) is -2.91. The fraction of sp³-hybridized carbons (Fsp3) is 0.819. The third-order valence-corrected chi connectivity index (χ3v) is 24.2. The number of ether oxygens (including phenoxy) is 16. The zero-order valence-corrected chi connectivity index (χ0v) is 80.2. The second-order valence-electron chi connectivity index (χ2n) is 33.7. The van der Waals surface area contributed by atoms with Crippen LogP contribution in [0.4, 0.5) is 0 Å². The van der Waals surface area contributed by atoms with E-state index in [1.165, 1.54) is 0 Å². The van der Waals surface area contributed by atoms with E-state index >= 15 is 0 Å². The van der Waals surface area contributed by atoms with Gasteiger partial charge in [0, 0.05) is 125 Å². The van der Waals surface area contributed by atoms with E-state index in [0.29, 0.717) is 66.1 Å². The Labute approximate surface area is 715 Å². The van der Waals surface area contributed by atoms with Crippen LogP contribution >= 0.6 is 37.2 Å². The summed E-state index contributed by atoms with van der Waals surface area (Å²) < 4.78 is 133. The number of carbonyl (C=O) groups excluding carboxylic acids is 5. The molecule has 6 heterocycles. The minimum absolute atomic E-state index is 0. The molecule has 0 aromatic carbocycles. The van der Waals surface area contributed by atoms with Crippen LogP contribution in [0.15, 0.2) is 59.3 Å². The number of hydrogen-bond acceptors (Lipinski definition) is 29. The van der Waals surface area contributed by atoms with Crippen LogP contribution < -0.4 is 17.7 Å². The number of aldehydes is 2. The Balaban J connectivity index is 0.00000164. The maximum atomic E-state index is 12.7. The highest BCUT2D eigenvalue weighted by atomic mass is 35.5. The van der Waals surface area contributed by atoms with Gasteiger partial charge in [0.1, 0.15) is 46.8 Å². The quantitative estimate of drug-likeness (QED) is 0.0147. The van der Waals surface area contributed by atoms with Gasteiger partial charge in [-0.15, -0.1) is 13.2 Å². The SMILES string of the molecule is C=C.CCOC.CO[C@](C)(C[C@@H](C)/C=C/CO)[C@H](O[C@@H]1OC(C)CC(N(C)C)[C@H]1P=O)[C@@H](C)C1=C(C)C(=O)OC(C)(C)O1.CO[C@](C)(C[C@@H](C)C=O)[C@H](O[C@@H]1O[C@H](C)CC(N(C)C)[C@H]1P=O)[C@@H](C)C1=C(C)C(=O)OC(C)(C)O1.CO[C@](C)(C[C@@H](C)CC=O)[C@H](O[C@@H]1OC(C)CC(N(C)C)[C@H]1P=O)[C@@H](C)C1=C(C)C(=O)OC(C)(C)O1.NCl.[Cl-]. The van der Waals surface area contributed by atoms with E-state index in [1.807, 2.05) is 148 Å². The Bertz CT molecular complexity index is 3220. The summed E-state index contributed by atoms with van der Waals surface area (Å²) in [5.74, 6) is -5.03. The standard InChI is InChI=1S/C27H46NO8P.C26H44NO8P.C25H42NO8P.C3H8O.C2H4.ClH2N.ClH/c1-16(12-11-13-29)15-27(7,32-10)23(18(3)21-19(4)24(30)36-26(5,6)35-21)34-25-22(37-31)20(28(8)9)14-17(2)33-25;1-15(11-12-28)14-26(7,31-10)22(17(3)20-18(4)23(29)35-25(5,6)34-20)33-24-21(36-30)19(27(8)9)13-16(2)32-24;1-14(13-27)12-25(7,30-10)21(16(3)19-17(4)22(28)34-24(5,6)33-19)32-23-20(35-29)18(26(8)9)11-15(2)31-23;1-3-4-2;2*1-2;/h11-12,16-18,20,22-23,25,29H,13-15H2,1-10H3;12,15-17,19,21-22,24H,11,13-14H2,1-10H3;13-16,18,20-21,23H,11-12H2,1-10H3;3H2,1-2H3;1-2H2;2H2;1H/p-1/b12-11+;;;;;;/t16-,17?,18-,20?,22+,23+,25-,27+;15-,16?,17-,19?,21+,22+,24-,26+;14-,15-,16+,18?,20-,21-,23+,25-;;;;/m001..../s1. The first-order chi connectivity index (χ1) is 54.0. The van der Waals surface area contributed by atoms with Crippen molar-refractivity contribution in [3.8, 4) is 0 Å². The first kappa shape index (κ1) is 113. The molecular weight excluding hydrogens is 1620 g/mol. The molecule has 117 heavy (non-hydrogen) atoms. The summed E-state index contributed by atoms with van der Waals surface area (Å²) in [5, 5.41) is 13.2. The molecule has 0 aromatic rings. The minimum Gasteiger partial charge on any atom is -1.00 e. The average molecular weight is 1760 g/mol. The number of nitrogens with zero attached hydrogens (tertiary/aromatic N) is 3. The zero-order chi connectivity index (χ0) is 89.7. The lowest BCUT2D eigenvalue weighted by Crippen LogP contribution is -3.00. The topological polar surface area (TPSA) is 340 Å². The van der Waals surface area contributed by atoms with Crippen LogP contribution in [0.3, 0.4) is 0 Å². The molecular formula is C83H146Cl2N4O25P3-. The van der Waals surface area contributed by atoms with Crippen molar-refractivity contribution in [2.24, 2.45) is 40.8 Å². The molecule has 0 bridgehead atoms. The number of halogens is 2. The van der Waals surface area contributed by atoms with Crippen molar-refractivity contribution < 1.29 is 131 Å². The predicted molar refractivity (Wildman–Crippen MR) is 447 cm³/mol. The number of aliphatic hydroxyl groups excluding tert-OH is 1. The van der Waals surface area contributed by atoms with Crippen molar-refractivity contribution in [1.82, 2.24) is 14.7 Å². The molecule has 678 valence electrons. The van der Waals surface area contributed by atoms with Gasteiger partial charge in [0.2, 0.25) is 17.4 Å². The Hall–Kier alpha value is -3.87. The molecule has 3 fully saturated rings. The number of methoxy groups -OCH3 is 4. The average Bonchev–Trinajstić information content (AvgIpc) is 0.768. The van der Waals surface area contributed by atoms with Gasteiger partial charge in [-0.2, -0.15) is 0 Å². The van der Waals surface area contributed by atoms with E-state index in [1.54, 1.807) is 96.8 Å². The monoisotopic (exact) mass is 1760 g/mol. The van der Waals surface area contributed by atoms with Gasteiger partial charge in [-0.25, -0.2) is 19.6 Å². The van der Waals surface area contributed by atoms with E-state index in [2.05, 4.69) is 39.8 Å². The summed E-state index contributed by atoms with van der Waals surface area (Å²) in [7, 11) is 18.0. The summed E-state index contributed by atoms with van der Waals surface area (Å²) >= 11 is 4.14. The highest BCUT2D eigenvalue weighted by Gasteiger charge is 2.54. The van der Waals surface area contributed by atoms with E-state index < -0.39 is 124 Å². The van der Waals surface area contributed by atoms with Gasteiger partial charge in [-0.1, -0.05) is 53.7 Å². The molecule has 6 aliphatic rings. The van der Waals surface area contributed by atoms with Crippen LogP contribution in [0.1, 0.15) is 197 Å². The van der Waals surface area contributed by atoms with Crippen LogP contribution in [0.25, 0.3) is 0 Å². The summed E-state index contributed by atoms with van der Waals surface area (Å²) in [6, 6.07) is -0.0512. The van der Waals surface area contributed by atoms with Crippen molar-refractivity contribution >= 4 is 67.6 Å². The highest BCUT2D eigenvalue weighted by Crippen LogP contribution is 2.47. The van der Waals surface area contributed by atoms with E-state index in [-0.39, 0.29) is 98.6 Å². The molecule has 0 amide bonds. The largest absolute Gasteiger partial charge is 1.00 e. The van der Waals surface area contributed by atoms with E-state index in [9.17, 15) is 42.8 Å². The smallest absolute Gasteiger partial charge is 0.340 e. The third kappa shape index (κ3) is 32.6. The van der Waals surface area contributed by atoms with Crippen LogP contribution in [0, 0.1) is 35.5 Å². The number of hydrogen-bond donors (Lipinski definition) is 2. The molecule has 0 radical (unpaired) electrons. The Kier molecular flexibility index (Phi) is 50.3. The Morgan fingerprint density at radius 3 is 1.02 bits per heavy atom. The number of allylic oxidation sites excluding steroid dienone is 1. The molecule has 3 N–H and O–H groups in total. The Morgan fingerprint density at radius 2 is 0.795 bits per heavy atom. The van der Waals surface area contributed by atoms with Gasteiger partial charge in [-0.05, 0) is 174 Å². The van der Waals surface area contributed by atoms with Crippen molar-refractivity contribution in [3.63, 3.8) is 0 Å². The zero-order valence-electron chi connectivity index (χ0n) is 76.0. The number of rotatable bonds is 36. The molecule has 0 spiro atoms. The van der Waals surface area contributed by atoms with Crippen LogP contribution in [-0.4, -0.2) is 259 Å². The fourth-order valence-electron chi connectivity index (χ4n) is 15.7. The Morgan fingerprint density at radius 1 is 0.530 bits per heavy atom. The highest BCUT2D eigenvalue weighted by molar-refractivity contribution is 7.25. The summed E-state index contributed by atoms with van der Waals surface area (Å²) in [4.78, 5) is 66.8. The van der Waals surface area contributed by atoms with E-state index in [4.69, 9.17) is 71.1 Å². The van der Waals surface area contributed by atoms with Crippen molar-refractivity contribution in [3.05, 3.63) is 59.3 Å². The maximum Gasteiger partial charge on any atom is 0.340 e. The predicted octanol–water partition coefficient (Wildman–Crippen LogP) is 11.1. The lowest BCUT2D eigenvalue weighted by atomic mass is 9.80. The van der Waals surface area contributed by atoms with Gasteiger partial charge < -0.3 is 118 Å². The third-order valence-electron chi connectivity index (χ3n) is 21.8. The number of carbonyl (C=O) groups is 5. The van der Waals surface area contributed by atoms with Crippen molar-refractivity contribution in [2.45, 2.75) is 322 Å². The number of nitrogens with two attached hydrogens (primary N) is 1. The molecule has 29 nitrogen and oxygen atoms in total. The minimum atomic E-state index is -1.15. The van der Waals surface area contributed by atoms with Crippen LogP contribution in [-0.2, 0) is 113 Å². The molecule has 5 unspecified atom stereocenters. The lowest BCUT2D eigenvalue weighted by Gasteiger charge is -2.47. The van der Waals surface area contributed by atoms with E-state index in [0.717, 1.165) is 32.0 Å². The molecule has 34 heteroatoms. The van der Waals surface area contributed by atoms with Gasteiger partial charge >= 0.3 is 17.9 Å². The molecule has 24 atom stereocenters. The number of esters is 3. The molecule has 3 saturated heterocycles. The second-order valence-corrected chi connectivity index (χ2v) is 36.1. The van der Waals surface area contributed by atoms with Crippen LogP contribution in [0.5, 0.6) is 0 Å². The van der Waals surface area contributed by atoms with Crippen molar-refractivity contribution in [1.29, 1.82) is 0 Å². The first-order valence-electron chi connectivity index (χ1n) is 39.8. The second kappa shape index (κ2) is 52.0. The molecule has 6 rings (SSSR count). The fourth-order valence-corrected chi connectivity index (χ4v) is 18.0. The molecule has 0 aromatic heterocycles. The van der Waals surface area contributed by atoms with Gasteiger partial charge in [0.25, 0.3) is 0 Å². The van der Waals surface area contributed by atoms with Gasteiger partial charge in [0.05, 0.1) is 76.8 Å². The molecule has 0 aliphatic carbocycles. The number of cyclic esters (lactones) is 3. The molecule has 0 saturated carbocycles. The van der Waals surface area contributed by atoms with Gasteiger partial charge in [0.15, 0.2) is 44.3 Å². The molecule has 6 aliphatic heterocycles. The van der Waals surface area contributed by atoms with Gasteiger partial charge in [-0.3, -0.25) is 13.7 Å². The van der Waals surface area contributed by atoms with Crippen molar-refractivity contribution in [2.75, 3.05) is 83.9 Å². The van der Waals surface area contributed by atoms with Crippen LogP contribution in [0.2, 0.25) is 0 Å². The maximum absolute atomic E-state index is 12.7. The first-order valence-corrected chi connectivity index (χ1v) is 42.9. The lowest BCUT2D eigenvalue weighted by molar-refractivity contribution is -0.266. The number of aliphatic hydroxyl groups is 1.